The van der Waals surface area contributed by atoms with Crippen LogP contribution in [0.1, 0.15) is 51.7 Å². The molecule has 126 valence electrons. The molecule has 0 unspecified atom stereocenters. The Morgan fingerprint density at radius 1 is 1.04 bits per heavy atom. The second kappa shape index (κ2) is 5.78. The third-order valence-electron chi connectivity index (χ3n) is 4.14. The molecule has 0 bridgehead atoms. The number of nitrogens with zero attached hydrogens (tertiary/aromatic N) is 3. The number of aromatic nitrogens is 3. The number of benzene rings is 2. The van der Waals surface area contributed by atoms with Gasteiger partial charge in [0.05, 0.1) is 0 Å². The second-order valence-electron chi connectivity index (χ2n) is 7.46. The van der Waals surface area contributed by atoms with Gasteiger partial charge in [0.1, 0.15) is 22.5 Å². The Bertz CT molecular complexity index is 907. The summed E-state index contributed by atoms with van der Waals surface area (Å²) in [5.74, 6) is 0.558. The maximum Gasteiger partial charge on any atom is 0.146 e. The zero-order valence-corrected chi connectivity index (χ0v) is 15.4. The summed E-state index contributed by atoms with van der Waals surface area (Å²) < 4.78 is 0. The van der Waals surface area contributed by atoms with Gasteiger partial charge < -0.3 is 5.11 Å². The van der Waals surface area contributed by atoms with Crippen LogP contribution in [0.15, 0.2) is 30.3 Å². The molecule has 0 spiro atoms. The van der Waals surface area contributed by atoms with E-state index in [1.807, 2.05) is 12.1 Å². The van der Waals surface area contributed by atoms with E-state index >= 15 is 0 Å². The first-order valence-corrected chi connectivity index (χ1v) is 8.45. The lowest BCUT2D eigenvalue weighted by atomic mass is 9.83. The molecule has 4 nitrogen and oxygen atoms in total. The smallest absolute Gasteiger partial charge is 0.146 e. The lowest BCUT2D eigenvalue weighted by molar-refractivity contribution is 0.439. The van der Waals surface area contributed by atoms with Crippen molar-refractivity contribution in [3.63, 3.8) is 0 Å². The summed E-state index contributed by atoms with van der Waals surface area (Å²) in [4.78, 5) is 1.50. The molecule has 0 atom stereocenters. The molecular formula is C19H22ClN3O. The van der Waals surface area contributed by atoms with E-state index in [1.165, 1.54) is 4.80 Å². The molecule has 1 aromatic heterocycles. The predicted molar refractivity (Wildman–Crippen MR) is 98.3 cm³/mol. The van der Waals surface area contributed by atoms with Crippen LogP contribution in [0.4, 0.5) is 0 Å². The molecular weight excluding hydrogens is 322 g/mol. The number of fused-ring (bicyclic) bond motifs is 1. The minimum Gasteiger partial charge on any atom is -0.505 e. The molecule has 0 aliphatic carbocycles. The van der Waals surface area contributed by atoms with Crippen LogP contribution < -0.4 is 0 Å². The fraction of sp³-hybridized carbons (Fsp3) is 0.368. The van der Waals surface area contributed by atoms with Gasteiger partial charge in [0.15, 0.2) is 0 Å². The summed E-state index contributed by atoms with van der Waals surface area (Å²) in [7, 11) is 0. The van der Waals surface area contributed by atoms with Gasteiger partial charge in [-0.05, 0) is 41.2 Å². The van der Waals surface area contributed by atoms with Gasteiger partial charge in [0.25, 0.3) is 0 Å². The topological polar surface area (TPSA) is 50.9 Å². The summed E-state index contributed by atoms with van der Waals surface area (Å²) in [6.07, 6.45) is 0. The predicted octanol–water partition coefficient (Wildman–Crippen LogP) is 5.20. The standard InChI is InChI=1S/C19H22ClN3O/c1-11(2)12-8-14(19(3,4)5)18(24)17(9-12)23-21-15-7-6-13(20)10-16(15)22-23/h6-11,24H,1-5H3. The van der Waals surface area contributed by atoms with Gasteiger partial charge in [-0.3, -0.25) is 0 Å². The molecule has 0 aliphatic rings. The second-order valence-corrected chi connectivity index (χ2v) is 7.90. The molecule has 3 rings (SSSR count). The average Bonchev–Trinajstić information content (AvgIpc) is 2.88. The molecule has 3 aromatic rings. The molecule has 0 radical (unpaired) electrons. The largest absolute Gasteiger partial charge is 0.505 e. The van der Waals surface area contributed by atoms with E-state index in [-0.39, 0.29) is 11.2 Å². The van der Waals surface area contributed by atoms with Crippen molar-refractivity contribution in [2.24, 2.45) is 0 Å². The SMILES string of the molecule is CC(C)c1cc(-n2nc3ccc(Cl)cc3n2)c(O)c(C(C)(C)C)c1. The maximum atomic E-state index is 10.8. The van der Waals surface area contributed by atoms with E-state index in [0.29, 0.717) is 22.1 Å². The summed E-state index contributed by atoms with van der Waals surface area (Å²) in [6, 6.07) is 9.41. The van der Waals surface area contributed by atoms with E-state index in [4.69, 9.17) is 11.6 Å². The Kier molecular flexibility index (Phi) is 4.04. The van der Waals surface area contributed by atoms with Crippen molar-refractivity contribution in [1.82, 2.24) is 15.0 Å². The van der Waals surface area contributed by atoms with Gasteiger partial charge in [0.2, 0.25) is 0 Å². The van der Waals surface area contributed by atoms with Crippen molar-refractivity contribution in [3.8, 4) is 11.4 Å². The first-order chi connectivity index (χ1) is 11.2. The highest BCUT2D eigenvalue weighted by Crippen LogP contribution is 2.37. The fourth-order valence-corrected chi connectivity index (χ4v) is 2.86. The molecule has 24 heavy (non-hydrogen) atoms. The Hall–Kier alpha value is -2.07. The summed E-state index contributed by atoms with van der Waals surface area (Å²) >= 11 is 6.03. The van der Waals surface area contributed by atoms with Gasteiger partial charge in [-0.2, -0.15) is 0 Å². The summed E-state index contributed by atoms with van der Waals surface area (Å²) in [5, 5.41) is 20.4. The van der Waals surface area contributed by atoms with Gasteiger partial charge in [0, 0.05) is 10.6 Å². The first kappa shape index (κ1) is 16.8. The highest BCUT2D eigenvalue weighted by Gasteiger charge is 2.23. The number of phenolic OH excluding ortho intramolecular Hbond substituents is 1. The minimum atomic E-state index is -0.181. The monoisotopic (exact) mass is 343 g/mol. The van der Waals surface area contributed by atoms with Crippen molar-refractivity contribution in [1.29, 1.82) is 0 Å². The number of aromatic hydroxyl groups is 1. The molecule has 0 fully saturated rings. The highest BCUT2D eigenvalue weighted by molar-refractivity contribution is 6.31. The quantitative estimate of drug-likeness (QED) is 0.695. The molecule has 2 aromatic carbocycles. The zero-order valence-electron chi connectivity index (χ0n) is 14.6. The number of rotatable bonds is 2. The van der Waals surface area contributed by atoms with Gasteiger partial charge in [-0.1, -0.05) is 52.3 Å². The van der Waals surface area contributed by atoms with Crippen LogP contribution in [0.3, 0.4) is 0 Å². The fourth-order valence-electron chi connectivity index (χ4n) is 2.69. The van der Waals surface area contributed by atoms with Crippen LogP contribution in [0.25, 0.3) is 16.7 Å². The summed E-state index contributed by atoms with van der Waals surface area (Å²) in [6.45, 7) is 10.5. The number of hydrogen-bond donors (Lipinski definition) is 1. The lowest BCUT2D eigenvalue weighted by Crippen LogP contribution is -2.14. The number of hydrogen-bond acceptors (Lipinski definition) is 3. The third kappa shape index (κ3) is 2.98. The van der Waals surface area contributed by atoms with Crippen LogP contribution in [0.5, 0.6) is 5.75 Å². The number of halogens is 1. The van der Waals surface area contributed by atoms with Gasteiger partial charge >= 0.3 is 0 Å². The lowest BCUT2D eigenvalue weighted by Gasteiger charge is -2.23. The molecule has 0 saturated carbocycles. The van der Waals surface area contributed by atoms with E-state index in [0.717, 1.165) is 16.6 Å². The van der Waals surface area contributed by atoms with Crippen molar-refractivity contribution in [2.75, 3.05) is 0 Å². The van der Waals surface area contributed by atoms with Gasteiger partial charge in [-0.25, -0.2) is 0 Å². The van der Waals surface area contributed by atoms with Gasteiger partial charge in [-0.15, -0.1) is 15.0 Å². The molecule has 5 heteroatoms. The molecule has 1 N–H and O–H groups in total. The Morgan fingerprint density at radius 2 is 1.71 bits per heavy atom. The number of phenols is 1. The van der Waals surface area contributed by atoms with Crippen molar-refractivity contribution in [3.05, 3.63) is 46.5 Å². The average molecular weight is 344 g/mol. The Labute approximate surface area is 147 Å². The Balaban J connectivity index is 2.26. The first-order valence-electron chi connectivity index (χ1n) is 8.07. The molecule has 0 amide bonds. The highest BCUT2D eigenvalue weighted by atomic mass is 35.5. The van der Waals surface area contributed by atoms with Crippen molar-refractivity contribution >= 4 is 22.6 Å². The van der Waals surface area contributed by atoms with E-state index < -0.39 is 0 Å². The molecule has 0 aliphatic heterocycles. The minimum absolute atomic E-state index is 0.181. The van der Waals surface area contributed by atoms with E-state index in [9.17, 15) is 5.11 Å². The van der Waals surface area contributed by atoms with Crippen LogP contribution in [0, 0.1) is 0 Å². The molecule has 0 saturated heterocycles. The summed E-state index contributed by atoms with van der Waals surface area (Å²) in [5.41, 5.74) is 3.90. The Morgan fingerprint density at radius 3 is 2.33 bits per heavy atom. The normalized spacial score (nSPS) is 12.3. The van der Waals surface area contributed by atoms with E-state index in [2.05, 4.69) is 50.9 Å². The van der Waals surface area contributed by atoms with Crippen LogP contribution in [0.2, 0.25) is 5.02 Å². The maximum absolute atomic E-state index is 10.8. The third-order valence-corrected chi connectivity index (χ3v) is 4.38. The van der Waals surface area contributed by atoms with Crippen LogP contribution in [-0.4, -0.2) is 20.1 Å². The zero-order chi connectivity index (χ0) is 17.6. The van der Waals surface area contributed by atoms with Crippen LogP contribution >= 0.6 is 11.6 Å². The van der Waals surface area contributed by atoms with E-state index in [1.54, 1.807) is 12.1 Å². The molecule has 1 heterocycles. The van der Waals surface area contributed by atoms with Crippen molar-refractivity contribution < 1.29 is 5.11 Å². The van der Waals surface area contributed by atoms with Crippen molar-refractivity contribution in [2.45, 2.75) is 46.0 Å². The van der Waals surface area contributed by atoms with Crippen LogP contribution in [-0.2, 0) is 5.41 Å².